The van der Waals surface area contributed by atoms with Crippen LogP contribution in [0.3, 0.4) is 0 Å². The van der Waals surface area contributed by atoms with Gasteiger partial charge in [-0.3, -0.25) is 0 Å². The first-order valence-corrected chi connectivity index (χ1v) is 2.34. The van der Waals surface area contributed by atoms with Crippen molar-refractivity contribution in [3.05, 3.63) is 0 Å². The van der Waals surface area contributed by atoms with Crippen molar-refractivity contribution >= 4 is 7.32 Å². The van der Waals surface area contributed by atoms with E-state index in [1.807, 2.05) is 0 Å². The van der Waals surface area contributed by atoms with Crippen LogP contribution >= 0.6 is 0 Å². The minimum absolute atomic E-state index is 0.227. The zero-order valence-corrected chi connectivity index (χ0v) is 3.79. The summed E-state index contributed by atoms with van der Waals surface area (Å²) in [7, 11) is -0.329. The molecule has 0 saturated carbocycles. The number of fused-ring (bicyclic) bond motifs is 2. The second kappa shape index (κ2) is 1.21. The van der Waals surface area contributed by atoms with E-state index in [0.717, 1.165) is 0 Å². The lowest BCUT2D eigenvalue weighted by atomic mass is 10.2. The summed E-state index contributed by atoms with van der Waals surface area (Å²) in [5.41, 5.74) is 0. The molecule has 0 spiro atoms. The Balaban J connectivity index is 2.12. The molecule has 7 heavy (non-hydrogen) atoms. The van der Waals surface area contributed by atoms with E-state index in [0.29, 0.717) is 13.2 Å². The fourth-order valence-corrected chi connectivity index (χ4v) is 0.782. The minimum atomic E-state index is -0.329. The maximum atomic E-state index is 5.03. The molecule has 2 heterocycles. The van der Waals surface area contributed by atoms with E-state index in [1.165, 1.54) is 0 Å². The van der Waals surface area contributed by atoms with Crippen molar-refractivity contribution < 1.29 is 14.0 Å². The summed E-state index contributed by atoms with van der Waals surface area (Å²) in [6, 6.07) is 0. The first-order chi connectivity index (χ1) is 3.45. The molecule has 4 heteroatoms. The van der Waals surface area contributed by atoms with E-state index < -0.39 is 0 Å². The third-order valence-electron chi connectivity index (χ3n) is 1.14. The lowest BCUT2D eigenvalue weighted by Crippen LogP contribution is -2.19. The minimum Gasteiger partial charge on any atom is -0.383 e. The molecule has 2 rings (SSSR count). The summed E-state index contributed by atoms with van der Waals surface area (Å²) in [6.45, 7) is 1.43. The lowest BCUT2D eigenvalue weighted by molar-refractivity contribution is 0.163. The molecule has 2 fully saturated rings. The van der Waals surface area contributed by atoms with Crippen molar-refractivity contribution in [2.24, 2.45) is 0 Å². The van der Waals surface area contributed by atoms with Crippen molar-refractivity contribution in [2.45, 2.75) is 6.10 Å². The highest BCUT2D eigenvalue weighted by Gasteiger charge is 2.40. The first-order valence-electron chi connectivity index (χ1n) is 2.34. The topological polar surface area (TPSA) is 27.7 Å². The Labute approximate surface area is 41.7 Å². The normalized spacial score (nSPS) is 30.0. The molecule has 0 N–H and O–H groups in total. The van der Waals surface area contributed by atoms with E-state index in [-0.39, 0.29) is 13.4 Å². The fourth-order valence-electron chi connectivity index (χ4n) is 0.782. The van der Waals surface area contributed by atoms with Crippen LogP contribution in [0.4, 0.5) is 0 Å². The first kappa shape index (κ1) is 3.89. The van der Waals surface area contributed by atoms with Gasteiger partial charge in [-0.15, -0.1) is 0 Å². The average Bonchev–Trinajstić information content (AvgIpc) is 2.22. The molecule has 3 nitrogen and oxygen atoms in total. The summed E-state index contributed by atoms with van der Waals surface area (Å²) in [5.74, 6) is 0. The van der Waals surface area contributed by atoms with E-state index >= 15 is 0 Å². The molecule has 2 aliphatic rings. The maximum Gasteiger partial charge on any atom is 0.639 e. The van der Waals surface area contributed by atoms with Gasteiger partial charge < -0.3 is 14.0 Å². The van der Waals surface area contributed by atoms with Gasteiger partial charge in [0.2, 0.25) is 0 Å². The smallest absolute Gasteiger partial charge is 0.383 e. The summed E-state index contributed by atoms with van der Waals surface area (Å²) < 4.78 is 14.8. The van der Waals surface area contributed by atoms with Crippen LogP contribution < -0.4 is 0 Å². The monoisotopic (exact) mass is 100 g/mol. The molecule has 2 bridgehead atoms. The standard InChI is InChI=1S/C3H5BO3/c1-3-2-6-4(5-1)7-3/h3H,1-2H2. The van der Waals surface area contributed by atoms with Gasteiger partial charge >= 0.3 is 7.32 Å². The number of hydrogen-bond acceptors (Lipinski definition) is 3. The van der Waals surface area contributed by atoms with E-state index in [9.17, 15) is 0 Å². The zero-order valence-electron chi connectivity index (χ0n) is 3.79. The second-order valence-corrected chi connectivity index (χ2v) is 1.71. The molecule has 38 valence electrons. The lowest BCUT2D eigenvalue weighted by Gasteiger charge is -2.02. The van der Waals surface area contributed by atoms with Gasteiger partial charge in [-0.25, -0.2) is 0 Å². The Hall–Kier alpha value is -0.0551. The van der Waals surface area contributed by atoms with Gasteiger partial charge in [-0.1, -0.05) is 0 Å². The molecule has 0 aromatic carbocycles. The van der Waals surface area contributed by atoms with Crippen LogP contribution in [0.25, 0.3) is 0 Å². The molecule has 0 aromatic rings. The fraction of sp³-hybridized carbons (Fsp3) is 1.00. The van der Waals surface area contributed by atoms with Gasteiger partial charge in [0, 0.05) is 0 Å². The quantitative estimate of drug-likeness (QED) is 0.381. The van der Waals surface area contributed by atoms with Crippen LogP contribution in [0.2, 0.25) is 0 Å². The van der Waals surface area contributed by atoms with Gasteiger partial charge in [0.25, 0.3) is 0 Å². The molecular weight excluding hydrogens is 94.8 g/mol. The molecule has 0 aliphatic carbocycles. The van der Waals surface area contributed by atoms with Crippen molar-refractivity contribution in [2.75, 3.05) is 13.2 Å². The molecule has 2 saturated heterocycles. The molecule has 2 aliphatic heterocycles. The third-order valence-corrected chi connectivity index (χ3v) is 1.14. The molecule has 0 aromatic heterocycles. The van der Waals surface area contributed by atoms with Gasteiger partial charge in [0.15, 0.2) is 0 Å². The van der Waals surface area contributed by atoms with Crippen LogP contribution in [-0.2, 0) is 14.0 Å². The molecule has 0 amide bonds. The predicted octanol–water partition coefficient (Wildman–Crippen LogP) is -0.583. The Kier molecular flexibility index (Phi) is 0.674. The molecule has 0 radical (unpaired) electrons. The summed E-state index contributed by atoms with van der Waals surface area (Å²) in [6.07, 6.45) is 0.227. The van der Waals surface area contributed by atoms with Gasteiger partial charge in [-0.2, -0.15) is 0 Å². The van der Waals surface area contributed by atoms with Crippen LogP contribution in [-0.4, -0.2) is 26.6 Å². The maximum absolute atomic E-state index is 5.03. The highest BCUT2D eigenvalue weighted by Crippen LogP contribution is 2.16. The van der Waals surface area contributed by atoms with Crippen LogP contribution in [0.1, 0.15) is 0 Å². The predicted molar refractivity (Wildman–Crippen MR) is 22.5 cm³/mol. The van der Waals surface area contributed by atoms with E-state index in [2.05, 4.69) is 0 Å². The average molecular weight is 99.9 g/mol. The zero-order chi connectivity index (χ0) is 4.69. The van der Waals surface area contributed by atoms with Crippen LogP contribution in [0.15, 0.2) is 0 Å². The SMILES string of the molecule is C1OB2OCC1O2. The van der Waals surface area contributed by atoms with Crippen molar-refractivity contribution in [1.82, 2.24) is 0 Å². The summed E-state index contributed by atoms with van der Waals surface area (Å²) >= 11 is 0. The van der Waals surface area contributed by atoms with E-state index in [4.69, 9.17) is 14.0 Å². The Morgan fingerprint density at radius 3 is 2.14 bits per heavy atom. The van der Waals surface area contributed by atoms with Crippen molar-refractivity contribution in [3.63, 3.8) is 0 Å². The molecular formula is C3H5BO3. The van der Waals surface area contributed by atoms with Gasteiger partial charge in [-0.05, 0) is 0 Å². The van der Waals surface area contributed by atoms with Crippen molar-refractivity contribution in [3.8, 4) is 0 Å². The van der Waals surface area contributed by atoms with E-state index in [1.54, 1.807) is 0 Å². The highest BCUT2D eigenvalue weighted by molar-refractivity contribution is 6.37. The third kappa shape index (κ3) is 0.476. The van der Waals surface area contributed by atoms with Crippen LogP contribution in [0.5, 0.6) is 0 Å². The number of rotatable bonds is 0. The molecule has 0 atom stereocenters. The summed E-state index contributed by atoms with van der Waals surface area (Å²) in [4.78, 5) is 0. The Morgan fingerprint density at radius 1 is 1.29 bits per heavy atom. The summed E-state index contributed by atoms with van der Waals surface area (Å²) in [5, 5.41) is 0. The Bertz CT molecular complexity index is 68.2. The van der Waals surface area contributed by atoms with Crippen LogP contribution in [0, 0.1) is 0 Å². The van der Waals surface area contributed by atoms with Gasteiger partial charge in [0.05, 0.1) is 19.3 Å². The van der Waals surface area contributed by atoms with Crippen molar-refractivity contribution in [1.29, 1.82) is 0 Å². The highest BCUT2D eigenvalue weighted by atomic mass is 16.8. The number of hydrogen-bond donors (Lipinski definition) is 0. The van der Waals surface area contributed by atoms with Gasteiger partial charge in [0.1, 0.15) is 0 Å². The second-order valence-electron chi connectivity index (χ2n) is 1.71. The largest absolute Gasteiger partial charge is 0.639 e. The molecule has 0 unspecified atom stereocenters. The Morgan fingerprint density at radius 2 is 2.00 bits per heavy atom.